The van der Waals surface area contributed by atoms with E-state index in [1.54, 1.807) is 0 Å². The number of hydrogen-bond donors (Lipinski definition) is 3. The number of halogens is 3. The summed E-state index contributed by atoms with van der Waals surface area (Å²) in [6.07, 6.45) is -4.67. The van der Waals surface area contributed by atoms with Gasteiger partial charge in [0, 0.05) is 18.5 Å². The van der Waals surface area contributed by atoms with E-state index in [-0.39, 0.29) is 16.6 Å². The fourth-order valence-corrected chi connectivity index (χ4v) is 2.03. The fourth-order valence-electron chi connectivity index (χ4n) is 2.03. The molecule has 1 aromatic carbocycles. The van der Waals surface area contributed by atoms with Crippen molar-refractivity contribution < 1.29 is 23.1 Å². The number of aromatic hydroxyl groups is 1. The quantitative estimate of drug-likeness (QED) is 0.545. The highest BCUT2D eigenvalue weighted by Crippen LogP contribution is 2.38. The Morgan fingerprint density at radius 2 is 1.90 bits per heavy atom. The maximum absolute atomic E-state index is 13.0. The third kappa shape index (κ3) is 2.62. The second-order valence-corrected chi connectivity index (χ2v) is 4.35. The summed E-state index contributed by atoms with van der Waals surface area (Å²) in [7, 11) is 1.37. The standard InChI is InChI=1S/C12H11F3N4O2/c1-19-8-3-5(20)2-7(12(13,14)15)6(8)4-9(19)10(21)18-11(16)17/h2-4,20H,1H3,(H4,16,17,18,21). The van der Waals surface area contributed by atoms with Crippen LogP contribution in [0.2, 0.25) is 0 Å². The SMILES string of the molecule is Cn1c(C(=O)N=C(N)N)cc2c(C(F)(F)F)cc(O)cc21. The molecule has 1 amide bonds. The number of rotatable bonds is 1. The van der Waals surface area contributed by atoms with Crippen LogP contribution in [0.3, 0.4) is 0 Å². The molecule has 0 fully saturated rings. The molecule has 9 heteroatoms. The number of aryl methyl sites for hydroxylation is 1. The van der Waals surface area contributed by atoms with Crippen molar-refractivity contribution >= 4 is 22.8 Å². The minimum Gasteiger partial charge on any atom is -0.508 e. The number of nitrogens with two attached hydrogens (primary N) is 2. The lowest BCUT2D eigenvalue weighted by molar-refractivity contribution is -0.136. The third-order valence-electron chi connectivity index (χ3n) is 2.90. The molecule has 0 aliphatic heterocycles. The van der Waals surface area contributed by atoms with Gasteiger partial charge in [-0.1, -0.05) is 0 Å². The lowest BCUT2D eigenvalue weighted by Gasteiger charge is -2.09. The van der Waals surface area contributed by atoms with Crippen LogP contribution >= 0.6 is 0 Å². The van der Waals surface area contributed by atoms with Crippen LogP contribution in [0.25, 0.3) is 10.9 Å². The summed E-state index contributed by atoms with van der Waals surface area (Å²) >= 11 is 0. The number of carbonyl (C=O) groups is 1. The summed E-state index contributed by atoms with van der Waals surface area (Å²) < 4.78 is 40.1. The minimum atomic E-state index is -4.67. The van der Waals surface area contributed by atoms with Crippen molar-refractivity contribution in [3.05, 3.63) is 29.5 Å². The molecule has 6 nitrogen and oxygen atoms in total. The maximum atomic E-state index is 13.0. The van der Waals surface area contributed by atoms with Crippen molar-refractivity contribution in [1.29, 1.82) is 0 Å². The Bertz CT molecular complexity index is 758. The molecular weight excluding hydrogens is 289 g/mol. The number of alkyl halides is 3. The molecule has 112 valence electrons. The van der Waals surface area contributed by atoms with E-state index in [4.69, 9.17) is 11.5 Å². The number of nitrogens with zero attached hydrogens (tertiary/aromatic N) is 2. The Labute approximate surface area is 116 Å². The van der Waals surface area contributed by atoms with Crippen molar-refractivity contribution in [2.24, 2.45) is 23.5 Å². The number of fused-ring (bicyclic) bond motifs is 1. The van der Waals surface area contributed by atoms with Gasteiger partial charge in [0.1, 0.15) is 11.4 Å². The number of guanidine groups is 1. The zero-order chi connectivity index (χ0) is 15.9. The van der Waals surface area contributed by atoms with Crippen LogP contribution in [0, 0.1) is 0 Å². The van der Waals surface area contributed by atoms with Gasteiger partial charge in [0.05, 0.1) is 11.1 Å². The lowest BCUT2D eigenvalue weighted by Crippen LogP contribution is -2.24. The van der Waals surface area contributed by atoms with Gasteiger partial charge in [-0.2, -0.15) is 18.2 Å². The van der Waals surface area contributed by atoms with E-state index in [1.165, 1.54) is 11.6 Å². The van der Waals surface area contributed by atoms with E-state index >= 15 is 0 Å². The molecule has 2 rings (SSSR count). The molecule has 0 spiro atoms. The molecule has 0 unspecified atom stereocenters. The lowest BCUT2D eigenvalue weighted by atomic mass is 10.1. The number of phenols is 1. The van der Waals surface area contributed by atoms with E-state index in [9.17, 15) is 23.1 Å². The second kappa shape index (κ2) is 4.69. The smallest absolute Gasteiger partial charge is 0.417 e. The largest absolute Gasteiger partial charge is 0.508 e. The van der Waals surface area contributed by atoms with Gasteiger partial charge in [-0.3, -0.25) is 4.79 Å². The average molecular weight is 300 g/mol. The maximum Gasteiger partial charge on any atom is 0.417 e. The van der Waals surface area contributed by atoms with Crippen LogP contribution in [0.15, 0.2) is 23.2 Å². The highest BCUT2D eigenvalue weighted by molar-refractivity contribution is 6.04. The zero-order valence-corrected chi connectivity index (χ0v) is 10.8. The molecular formula is C12H11F3N4O2. The highest BCUT2D eigenvalue weighted by atomic mass is 19.4. The van der Waals surface area contributed by atoms with E-state index in [0.29, 0.717) is 6.07 Å². The molecule has 1 aromatic heterocycles. The van der Waals surface area contributed by atoms with Gasteiger partial charge in [-0.25, -0.2) is 0 Å². The van der Waals surface area contributed by atoms with Crippen LogP contribution < -0.4 is 11.5 Å². The molecule has 0 saturated heterocycles. The van der Waals surface area contributed by atoms with Crippen LogP contribution in [-0.4, -0.2) is 21.5 Å². The molecule has 0 aliphatic carbocycles. The fraction of sp³-hybridized carbons (Fsp3) is 0.167. The summed E-state index contributed by atoms with van der Waals surface area (Å²) in [6.45, 7) is 0. The normalized spacial score (nSPS) is 11.6. The Balaban J connectivity index is 2.77. The van der Waals surface area contributed by atoms with Crippen molar-refractivity contribution in [2.75, 3.05) is 0 Å². The topological polar surface area (TPSA) is 107 Å². The number of phenolic OH excluding ortho intramolecular Hbond substituents is 1. The Morgan fingerprint density at radius 3 is 2.43 bits per heavy atom. The van der Waals surface area contributed by atoms with Gasteiger partial charge < -0.3 is 21.1 Å². The van der Waals surface area contributed by atoms with E-state index in [0.717, 1.165) is 12.1 Å². The number of aliphatic imine (C=N–C) groups is 1. The second-order valence-electron chi connectivity index (χ2n) is 4.35. The summed E-state index contributed by atoms with van der Waals surface area (Å²) in [4.78, 5) is 15.1. The summed E-state index contributed by atoms with van der Waals surface area (Å²) in [5.41, 5.74) is 9.02. The molecule has 0 saturated carbocycles. The Morgan fingerprint density at radius 1 is 1.29 bits per heavy atom. The number of aromatic nitrogens is 1. The first-order valence-electron chi connectivity index (χ1n) is 5.65. The van der Waals surface area contributed by atoms with Gasteiger partial charge in [-0.15, -0.1) is 0 Å². The summed E-state index contributed by atoms with van der Waals surface area (Å²) in [6, 6.07) is 2.75. The van der Waals surface area contributed by atoms with Crippen LogP contribution in [0.1, 0.15) is 16.1 Å². The van der Waals surface area contributed by atoms with Crippen LogP contribution in [0.5, 0.6) is 5.75 Å². The first kappa shape index (κ1) is 14.7. The van der Waals surface area contributed by atoms with Gasteiger partial charge in [0.15, 0.2) is 5.96 Å². The molecule has 0 atom stereocenters. The summed E-state index contributed by atoms with van der Waals surface area (Å²) in [5.74, 6) is -1.93. The average Bonchev–Trinajstić information content (AvgIpc) is 2.64. The van der Waals surface area contributed by atoms with Crippen LogP contribution in [0.4, 0.5) is 13.2 Å². The minimum absolute atomic E-state index is 0.0384. The number of amides is 1. The number of carbonyl (C=O) groups excluding carboxylic acids is 1. The molecule has 1 heterocycles. The van der Waals surface area contributed by atoms with E-state index < -0.39 is 29.4 Å². The third-order valence-corrected chi connectivity index (χ3v) is 2.90. The molecule has 0 radical (unpaired) electrons. The van der Waals surface area contributed by atoms with E-state index in [1.807, 2.05) is 0 Å². The summed E-state index contributed by atoms with van der Waals surface area (Å²) in [5, 5.41) is 9.20. The van der Waals surface area contributed by atoms with Gasteiger partial charge in [0.25, 0.3) is 5.91 Å². The highest BCUT2D eigenvalue weighted by Gasteiger charge is 2.34. The molecule has 2 aromatic rings. The van der Waals surface area contributed by atoms with Gasteiger partial charge in [0.2, 0.25) is 0 Å². The van der Waals surface area contributed by atoms with Gasteiger partial charge >= 0.3 is 6.18 Å². The van der Waals surface area contributed by atoms with Crippen molar-refractivity contribution in [3.63, 3.8) is 0 Å². The van der Waals surface area contributed by atoms with Crippen molar-refractivity contribution in [1.82, 2.24) is 4.57 Å². The first-order chi connectivity index (χ1) is 9.61. The first-order valence-corrected chi connectivity index (χ1v) is 5.65. The predicted molar refractivity (Wildman–Crippen MR) is 69.7 cm³/mol. The monoisotopic (exact) mass is 300 g/mol. The number of benzene rings is 1. The zero-order valence-electron chi connectivity index (χ0n) is 10.8. The predicted octanol–water partition coefficient (Wildman–Crippen LogP) is 1.32. The van der Waals surface area contributed by atoms with Crippen LogP contribution in [-0.2, 0) is 13.2 Å². The van der Waals surface area contributed by atoms with E-state index in [2.05, 4.69) is 4.99 Å². The van der Waals surface area contributed by atoms with Gasteiger partial charge in [-0.05, 0) is 12.1 Å². The Hall–Kier alpha value is -2.71. The number of hydrogen-bond acceptors (Lipinski definition) is 2. The molecule has 0 bridgehead atoms. The Kier molecular flexibility index (Phi) is 3.28. The molecule has 5 N–H and O–H groups in total. The van der Waals surface area contributed by atoms with Crippen molar-refractivity contribution in [3.8, 4) is 5.75 Å². The van der Waals surface area contributed by atoms with Crippen molar-refractivity contribution in [2.45, 2.75) is 6.18 Å². The molecule has 0 aliphatic rings. The molecule has 21 heavy (non-hydrogen) atoms.